The van der Waals surface area contributed by atoms with Gasteiger partial charge in [0.1, 0.15) is 12.2 Å². The van der Waals surface area contributed by atoms with E-state index in [1.165, 1.54) is 38.5 Å². The van der Waals surface area contributed by atoms with Crippen molar-refractivity contribution in [1.82, 2.24) is 0 Å². The van der Waals surface area contributed by atoms with Gasteiger partial charge in [0.15, 0.2) is 0 Å². The summed E-state index contributed by atoms with van der Waals surface area (Å²) >= 11 is 0. The highest BCUT2D eigenvalue weighted by Gasteiger charge is 2.43. The van der Waals surface area contributed by atoms with Gasteiger partial charge in [-0.3, -0.25) is 9.59 Å². The van der Waals surface area contributed by atoms with Crippen LogP contribution in [0.4, 0.5) is 0 Å². The summed E-state index contributed by atoms with van der Waals surface area (Å²) in [5.41, 5.74) is 0. The maximum absolute atomic E-state index is 12.0. The Bertz CT molecular complexity index is 380. The first-order valence-corrected chi connectivity index (χ1v) is 10.5. The van der Waals surface area contributed by atoms with E-state index in [4.69, 9.17) is 9.47 Å². The Balaban J connectivity index is 2.17. The molecule has 1 aliphatic carbocycles. The van der Waals surface area contributed by atoms with E-state index in [0.29, 0.717) is 12.8 Å². The second kappa shape index (κ2) is 13.2. The lowest BCUT2D eigenvalue weighted by molar-refractivity contribution is -0.191. The molecule has 0 N–H and O–H groups in total. The fourth-order valence-corrected chi connectivity index (χ4v) is 3.30. The van der Waals surface area contributed by atoms with E-state index < -0.39 is 0 Å². The van der Waals surface area contributed by atoms with Gasteiger partial charge < -0.3 is 9.47 Å². The Labute approximate surface area is 154 Å². The molecule has 0 aromatic rings. The van der Waals surface area contributed by atoms with Gasteiger partial charge in [0.25, 0.3) is 0 Å². The molecule has 25 heavy (non-hydrogen) atoms. The number of rotatable bonds is 14. The molecule has 3 atom stereocenters. The molecule has 146 valence electrons. The molecule has 0 radical (unpaired) electrons. The highest BCUT2D eigenvalue weighted by molar-refractivity contribution is 5.71. The van der Waals surface area contributed by atoms with Gasteiger partial charge in [0.05, 0.1) is 0 Å². The topological polar surface area (TPSA) is 52.6 Å². The van der Waals surface area contributed by atoms with Gasteiger partial charge in [-0.25, -0.2) is 0 Å². The minimum Gasteiger partial charge on any atom is -0.458 e. The second-order valence-electron chi connectivity index (χ2n) is 7.52. The van der Waals surface area contributed by atoms with Gasteiger partial charge in [-0.1, -0.05) is 72.1 Å². The molecule has 1 saturated carbocycles. The molecule has 0 aromatic heterocycles. The molecule has 0 aromatic carbocycles. The fourth-order valence-electron chi connectivity index (χ4n) is 3.30. The van der Waals surface area contributed by atoms with Crippen LogP contribution in [0.2, 0.25) is 0 Å². The summed E-state index contributed by atoms with van der Waals surface area (Å²) in [6.45, 7) is 6.41. The number of esters is 2. The highest BCUT2D eigenvalue weighted by atomic mass is 16.6. The van der Waals surface area contributed by atoms with Gasteiger partial charge in [-0.15, -0.1) is 0 Å². The van der Waals surface area contributed by atoms with E-state index in [-0.39, 0.29) is 30.1 Å². The summed E-state index contributed by atoms with van der Waals surface area (Å²) in [6, 6.07) is 0. The van der Waals surface area contributed by atoms with Gasteiger partial charge in [-0.2, -0.15) is 0 Å². The Morgan fingerprint density at radius 2 is 1.24 bits per heavy atom. The van der Waals surface area contributed by atoms with E-state index in [0.717, 1.165) is 32.1 Å². The second-order valence-corrected chi connectivity index (χ2v) is 7.52. The summed E-state index contributed by atoms with van der Waals surface area (Å²) < 4.78 is 11.1. The van der Waals surface area contributed by atoms with Crippen molar-refractivity contribution >= 4 is 11.9 Å². The minimum absolute atomic E-state index is 0.144. The first kappa shape index (κ1) is 22.0. The summed E-state index contributed by atoms with van der Waals surface area (Å²) in [5.74, 6) is -0.00549. The van der Waals surface area contributed by atoms with Crippen molar-refractivity contribution in [1.29, 1.82) is 0 Å². The van der Waals surface area contributed by atoms with Crippen LogP contribution in [0.3, 0.4) is 0 Å². The van der Waals surface area contributed by atoms with Crippen LogP contribution in [0.15, 0.2) is 0 Å². The van der Waals surface area contributed by atoms with Crippen LogP contribution in [0, 0.1) is 5.92 Å². The zero-order valence-corrected chi connectivity index (χ0v) is 16.6. The summed E-state index contributed by atoms with van der Waals surface area (Å²) in [5, 5.41) is 0. The number of ether oxygens (including phenoxy) is 2. The van der Waals surface area contributed by atoms with E-state index in [9.17, 15) is 9.59 Å². The van der Waals surface area contributed by atoms with Crippen LogP contribution in [0.1, 0.15) is 104 Å². The van der Waals surface area contributed by atoms with Crippen LogP contribution >= 0.6 is 0 Å². The van der Waals surface area contributed by atoms with E-state index >= 15 is 0 Å². The third-order valence-corrected chi connectivity index (χ3v) is 5.05. The third kappa shape index (κ3) is 9.27. The number of hydrogen-bond acceptors (Lipinski definition) is 4. The van der Waals surface area contributed by atoms with Crippen molar-refractivity contribution in [2.45, 2.75) is 116 Å². The number of carbonyl (C=O) groups is 2. The lowest BCUT2D eigenvalue weighted by Crippen LogP contribution is -2.50. The van der Waals surface area contributed by atoms with Crippen molar-refractivity contribution in [3.8, 4) is 0 Å². The summed E-state index contributed by atoms with van der Waals surface area (Å²) in [6.07, 6.45) is 12.5. The zero-order chi connectivity index (χ0) is 18.5. The molecule has 0 spiro atoms. The van der Waals surface area contributed by atoms with Crippen LogP contribution < -0.4 is 0 Å². The molecule has 0 bridgehead atoms. The lowest BCUT2D eigenvalue weighted by atomic mass is 9.80. The quantitative estimate of drug-likeness (QED) is 0.302. The third-order valence-electron chi connectivity index (χ3n) is 5.05. The minimum atomic E-state index is -0.243. The molecular formula is C21H38O4. The molecule has 1 aliphatic rings. The molecule has 3 unspecified atom stereocenters. The number of unbranched alkanes of at least 4 members (excludes halogenated alkanes) is 8. The molecule has 1 rings (SSSR count). The molecular weight excluding hydrogens is 316 g/mol. The summed E-state index contributed by atoms with van der Waals surface area (Å²) in [7, 11) is 0. The Hall–Kier alpha value is -1.06. The van der Waals surface area contributed by atoms with Crippen molar-refractivity contribution < 1.29 is 19.1 Å². The van der Waals surface area contributed by atoms with Gasteiger partial charge in [0, 0.05) is 18.8 Å². The lowest BCUT2D eigenvalue weighted by Gasteiger charge is -2.41. The molecule has 0 saturated heterocycles. The Kier molecular flexibility index (Phi) is 11.6. The predicted molar refractivity (Wildman–Crippen MR) is 100 cm³/mol. The predicted octanol–water partition coefficient (Wildman–Crippen LogP) is 5.57. The molecule has 1 fully saturated rings. The average molecular weight is 355 g/mol. The van der Waals surface area contributed by atoms with Gasteiger partial charge in [0.2, 0.25) is 0 Å². The standard InChI is InChI=1S/C21H38O4/c1-4-6-8-10-12-14-19(22)24-18-16-17(3)21(18)25-20(23)15-13-11-9-7-5-2/h17-18,21H,4-16H2,1-3H3. The first-order chi connectivity index (χ1) is 12.1. The van der Waals surface area contributed by atoms with Crippen LogP contribution in [-0.2, 0) is 19.1 Å². The van der Waals surface area contributed by atoms with Crippen LogP contribution in [-0.4, -0.2) is 24.1 Å². The van der Waals surface area contributed by atoms with Crippen molar-refractivity contribution in [2.24, 2.45) is 5.92 Å². The van der Waals surface area contributed by atoms with Gasteiger partial charge >= 0.3 is 11.9 Å². The molecule has 0 amide bonds. The van der Waals surface area contributed by atoms with Crippen LogP contribution in [0.5, 0.6) is 0 Å². The Morgan fingerprint density at radius 3 is 1.72 bits per heavy atom. The fraction of sp³-hybridized carbons (Fsp3) is 0.905. The molecule has 0 heterocycles. The van der Waals surface area contributed by atoms with E-state index in [1.807, 2.05) is 6.92 Å². The maximum atomic E-state index is 12.0. The van der Waals surface area contributed by atoms with E-state index in [2.05, 4.69) is 13.8 Å². The van der Waals surface area contributed by atoms with E-state index in [1.54, 1.807) is 0 Å². The first-order valence-electron chi connectivity index (χ1n) is 10.5. The van der Waals surface area contributed by atoms with Crippen LogP contribution in [0.25, 0.3) is 0 Å². The van der Waals surface area contributed by atoms with Crippen molar-refractivity contribution in [3.05, 3.63) is 0 Å². The van der Waals surface area contributed by atoms with Gasteiger partial charge in [-0.05, 0) is 19.3 Å². The Morgan fingerprint density at radius 1 is 0.760 bits per heavy atom. The average Bonchev–Trinajstić information content (AvgIpc) is 2.59. The smallest absolute Gasteiger partial charge is 0.306 e. The molecule has 0 aliphatic heterocycles. The number of carbonyl (C=O) groups excluding carboxylic acids is 2. The van der Waals surface area contributed by atoms with Crippen molar-refractivity contribution in [3.63, 3.8) is 0 Å². The zero-order valence-electron chi connectivity index (χ0n) is 16.6. The highest BCUT2D eigenvalue weighted by Crippen LogP contribution is 2.33. The SMILES string of the molecule is CCCCCCCC(=O)OC1CC(C)C1OC(=O)CCCCCCC. The normalized spacial score (nSPS) is 22.3. The largest absolute Gasteiger partial charge is 0.458 e. The summed E-state index contributed by atoms with van der Waals surface area (Å²) in [4.78, 5) is 23.9. The molecule has 4 nitrogen and oxygen atoms in total. The maximum Gasteiger partial charge on any atom is 0.306 e. The monoisotopic (exact) mass is 354 g/mol. The number of hydrogen-bond donors (Lipinski definition) is 0. The molecule has 4 heteroatoms. The van der Waals surface area contributed by atoms with Crippen molar-refractivity contribution in [2.75, 3.05) is 0 Å².